The van der Waals surface area contributed by atoms with Gasteiger partial charge in [-0.05, 0) is 54.3 Å². The van der Waals surface area contributed by atoms with E-state index in [9.17, 15) is 23.9 Å². The van der Waals surface area contributed by atoms with Crippen molar-refractivity contribution in [2.24, 2.45) is 0 Å². The minimum Gasteiger partial charge on any atom is -0.479 e. The molecule has 0 radical (unpaired) electrons. The maximum atomic E-state index is 13.4. The maximum absolute atomic E-state index is 13.4. The second-order valence-electron chi connectivity index (χ2n) is 6.52. The second-order valence-corrected chi connectivity index (χ2v) is 6.52. The predicted molar refractivity (Wildman–Crippen MR) is 97.2 cm³/mol. The Labute approximate surface area is 155 Å². The molecule has 2 N–H and O–H groups in total. The third-order valence-corrected chi connectivity index (χ3v) is 4.66. The molecule has 0 fully saturated rings. The smallest absolute Gasteiger partial charge is 0.330 e. The number of hydrogen-bond donors (Lipinski definition) is 2. The number of benzene rings is 2. The van der Waals surface area contributed by atoms with Crippen molar-refractivity contribution >= 4 is 23.5 Å². The zero-order chi connectivity index (χ0) is 19.7. The highest BCUT2D eigenvalue weighted by atomic mass is 19.1. The highest BCUT2D eigenvalue weighted by molar-refractivity contribution is 5.99. The lowest BCUT2D eigenvalue weighted by molar-refractivity contribution is -0.139. The number of anilines is 1. The molecule has 1 atom stereocenters. The van der Waals surface area contributed by atoms with Crippen molar-refractivity contribution in [3.63, 3.8) is 0 Å². The van der Waals surface area contributed by atoms with Crippen molar-refractivity contribution in [3.05, 3.63) is 64.5 Å². The molecule has 140 valence electrons. The van der Waals surface area contributed by atoms with Crippen LogP contribution < -0.4 is 10.2 Å². The van der Waals surface area contributed by atoms with Gasteiger partial charge in [-0.15, -0.1) is 0 Å². The summed E-state index contributed by atoms with van der Waals surface area (Å²) in [7, 11) is 0. The van der Waals surface area contributed by atoms with Gasteiger partial charge < -0.3 is 15.3 Å². The van der Waals surface area contributed by atoms with Crippen LogP contribution in [0.4, 0.5) is 10.1 Å². The van der Waals surface area contributed by atoms with Gasteiger partial charge in [0, 0.05) is 24.7 Å². The van der Waals surface area contributed by atoms with Crippen LogP contribution in [0.15, 0.2) is 36.4 Å². The van der Waals surface area contributed by atoms with Gasteiger partial charge in [-0.1, -0.05) is 12.1 Å². The summed E-state index contributed by atoms with van der Waals surface area (Å²) in [5, 5.41) is 12.0. The van der Waals surface area contributed by atoms with Gasteiger partial charge in [-0.2, -0.15) is 0 Å². The fourth-order valence-corrected chi connectivity index (χ4v) is 3.22. The Bertz CT molecular complexity index is 942. The van der Waals surface area contributed by atoms with Gasteiger partial charge in [0.1, 0.15) is 5.82 Å². The Kier molecular flexibility index (Phi) is 4.94. The zero-order valence-electron chi connectivity index (χ0n) is 15.0. The highest BCUT2D eigenvalue weighted by Crippen LogP contribution is 2.29. The molecule has 0 saturated carbocycles. The van der Waals surface area contributed by atoms with E-state index >= 15 is 0 Å². The van der Waals surface area contributed by atoms with Crippen molar-refractivity contribution < 1.29 is 23.9 Å². The van der Waals surface area contributed by atoms with Gasteiger partial charge in [0.05, 0.1) is 0 Å². The number of nitrogens with zero attached hydrogens (tertiary/aromatic N) is 1. The van der Waals surface area contributed by atoms with Crippen LogP contribution >= 0.6 is 0 Å². The van der Waals surface area contributed by atoms with Gasteiger partial charge in [0.15, 0.2) is 6.04 Å². The lowest BCUT2D eigenvalue weighted by Crippen LogP contribution is -2.33. The normalized spacial score (nSPS) is 13.8. The first-order chi connectivity index (χ1) is 12.8. The first kappa shape index (κ1) is 18.6. The largest absolute Gasteiger partial charge is 0.479 e. The summed E-state index contributed by atoms with van der Waals surface area (Å²) in [6.45, 7) is 3.57. The highest BCUT2D eigenvalue weighted by Gasteiger charge is 2.26. The Balaban J connectivity index is 1.84. The molecule has 0 bridgehead atoms. The van der Waals surface area contributed by atoms with Crippen molar-refractivity contribution in [1.82, 2.24) is 5.32 Å². The van der Waals surface area contributed by atoms with Gasteiger partial charge in [0.25, 0.3) is 5.91 Å². The number of nitrogens with one attached hydrogen (secondary N) is 1. The molecule has 0 aromatic heterocycles. The second kappa shape index (κ2) is 7.19. The zero-order valence-corrected chi connectivity index (χ0v) is 15.0. The van der Waals surface area contributed by atoms with E-state index in [-0.39, 0.29) is 5.91 Å². The lowest BCUT2D eigenvalue weighted by Gasteiger charge is -2.17. The van der Waals surface area contributed by atoms with E-state index in [1.54, 1.807) is 23.1 Å². The molecular formula is C20H19FN2O4. The Morgan fingerprint density at radius 3 is 2.56 bits per heavy atom. The molecule has 2 aromatic rings. The van der Waals surface area contributed by atoms with E-state index in [4.69, 9.17) is 0 Å². The number of aryl methyl sites for hydroxylation is 1. The van der Waals surface area contributed by atoms with Crippen LogP contribution in [0, 0.1) is 12.7 Å². The Morgan fingerprint density at radius 2 is 1.93 bits per heavy atom. The minimum atomic E-state index is -1.29. The topological polar surface area (TPSA) is 86.7 Å². The Morgan fingerprint density at radius 1 is 1.19 bits per heavy atom. The molecule has 1 unspecified atom stereocenters. The number of carbonyl (C=O) groups excluding carboxylic acids is 2. The fourth-order valence-electron chi connectivity index (χ4n) is 3.22. The van der Waals surface area contributed by atoms with Crippen molar-refractivity contribution in [2.75, 3.05) is 11.4 Å². The van der Waals surface area contributed by atoms with E-state index in [0.29, 0.717) is 29.7 Å². The first-order valence-electron chi connectivity index (χ1n) is 8.48. The molecule has 0 aliphatic carbocycles. The summed E-state index contributed by atoms with van der Waals surface area (Å²) >= 11 is 0. The monoisotopic (exact) mass is 370 g/mol. The number of carboxylic acids is 1. The van der Waals surface area contributed by atoms with Gasteiger partial charge in [-0.3, -0.25) is 9.59 Å². The number of fused-ring (bicyclic) bond motifs is 1. The lowest BCUT2D eigenvalue weighted by atomic mass is 10.0. The summed E-state index contributed by atoms with van der Waals surface area (Å²) in [4.78, 5) is 37.4. The number of rotatable bonds is 4. The van der Waals surface area contributed by atoms with Crippen molar-refractivity contribution in [2.45, 2.75) is 26.3 Å². The third kappa shape index (κ3) is 3.67. The van der Waals surface area contributed by atoms with E-state index in [0.717, 1.165) is 11.3 Å². The number of amides is 2. The molecule has 0 saturated heterocycles. The first-order valence-corrected chi connectivity index (χ1v) is 8.48. The standard InChI is InChI=1S/C20H19FN2O4/c1-11-9-14(3-5-16(11)21)18(20(26)27)22-19(25)15-4-6-17-13(10-15)7-8-23(17)12(2)24/h3-6,9-10,18H,7-8H2,1-2H3,(H,22,25)(H,26,27). The van der Waals surface area contributed by atoms with Crippen LogP contribution in [0.1, 0.15) is 40.0 Å². The maximum Gasteiger partial charge on any atom is 0.330 e. The average Bonchev–Trinajstić information content (AvgIpc) is 3.05. The average molecular weight is 370 g/mol. The van der Waals surface area contributed by atoms with Crippen LogP contribution in [0.2, 0.25) is 0 Å². The number of halogens is 1. The molecule has 0 spiro atoms. The SMILES string of the molecule is CC(=O)N1CCc2cc(C(=O)NC(C(=O)O)c3ccc(F)c(C)c3)ccc21. The number of hydrogen-bond acceptors (Lipinski definition) is 3. The van der Waals surface area contributed by atoms with Gasteiger partial charge >= 0.3 is 5.97 Å². The van der Waals surface area contributed by atoms with Crippen LogP contribution in [0.3, 0.4) is 0 Å². The predicted octanol–water partition coefficient (Wildman–Crippen LogP) is 2.60. The van der Waals surface area contributed by atoms with E-state index in [2.05, 4.69) is 5.32 Å². The quantitative estimate of drug-likeness (QED) is 0.866. The molecule has 2 aromatic carbocycles. The van der Waals surface area contributed by atoms with Crippen LogP contribution in [-0.4, -0.2) is 29.4 Å². The summed E-state index contributed by atoms with van der Waals surface area (Å²) in [5.74, 6) is -2.29. The Hall–Kier alpha value is -3.22. The molecule has 6 nitrogen and oxygen atoms in total. The van der Waals surface area contributed by atoms with E-state index in [1.807, 2.05) is 0 Å². The molecule has 7 heteroatoms. The molecule has 27 heavy (non-hydrogen) atoms. The molecule has 1 heterocycles. The fraction of sp³-hybridized carbons (Fsp3) is 0.250. The van der Waals surface area contributed by atoms with E-state index in [1.165, 1.54) is 32.0 Å². The van der Waals surface area contributed by atoms with Gasteiger partial charge in [-0.25, -0.2) is 9.18 Å². The minimum absolute atomic E-state index is 0.0661. The van der Waals surface area contributed by atoms with Crippen LogP contribution in [0.5, 0.6) is 0 Å². The summed E-state index contributed by atoms with van der Waals surface area (Å²) in [6, 6.07) is 7.55. The van der Waals surface area contributed by atoms with Crippen LogP contribution in [-0.2, 0) is 16.0 Å². The van der Waals surface area contributed by atoms with E-state index < -0.39 is 23.7 Å². The number of aliphatic carboxylic acids is 1. The molecule has 2 amide bonds. The van der Waals surface area contributed by atoms with Crippen molar-refractivity contribution in [1.29, 1.82) is 0 Å². The number of carbonyl (C=O) groups is 3. The summed E-state index contributed by atoms with van der Waals surface area (Å²) in [5.41, 5.74) is 2.53. The number of carboxylic acid groups (broad SMARTS) is 1. The van der Waals surface area contributed by atoms with Gasteiger partial charge in [0.2, 0.25) is 5.91 Å². The summed E-state index contributed by atoms with van der Waals surface area (Å²) in [6.07, 6.45) is 0.634. The molecule has 3 rings (SSSR count). The molecular weight excluding hydrogens is 351 g/mol. The third-order valence-electron chi connectivity index (χ3n) is 4.66. The summed E-state index contributed by atoms with van der Waals surface area (Å²) < 4.78 is 13.4. The van der Waals surface area contributed by atoms with Crippen LogP contribution in [0.25, 0.3) is 0 Å². The van der Waals surface area contributed by atoms with Crippen molar-refractivity contribution in [3.8, 4) is 0 Å². The molecule has 1 aliphatic rings. The molecule has 1 aliphatic heterocycles.